The lowest BCUT2D eigenvalue weighted by Crippen LogP contribution is -2.40. The van der Waals surface area contributed by atoms with Crippen LogP contribution in [0.25, 0.3) is 0 Å². The molecule has 7 nitrogen and oxygen atoms in total. The maximum Gasteiger partial charge on any atom is 0.269 e. The third-order valence-electron chi connectivity index (χ3n) is 1.86. The summed E-state index contributed by atoms with van der Waals surface area (Å²) in [6.07, 6.45) is -0.867. The number of aliphatic hydroxyl groups excluding tert-OH is 1. The van der Waals surface area contributed by atoms with Crippen LogP contribution >= 0.6 is 0 Å². The number of rotatable bonds is 5. The van der Waals surface area contributed by atoms with Gasteiger partial charge in [-0.3, -0.25) is 14.9 Å². The van der Waals surface area contributed by atoms with Crippen LogP contribution in [0.1, 0.15) is 6.92 Å². The zero-order valence-corrected chi connectivity index (χ0v) is 9.12. The molecule has 1 amide bonds. The van der Waals surface area contributed by atoms with Crippen molar-refractivity contribution in [3.8, 4) is 5.75 Å². The molecule has 0 heterocycles. The molecular weight excluding hydrogens is 228 g/mol. The van der Waals surface area contributed by atoms with Crippen molar-refractivity contribution in [2.45, 2.75) is 13.2 Å². The van der Waals surface area contributed by atoms with E-state index in [1.54, 1.807) is 0 Å². The Morgan fingerprint density at radius 1 is 1.53 bits per heavy atom. The predicted molar refractivity (Wildman–Crippen MR) is 58.4 cm³/mol. The molecule has 1 aromatic rings. The van der Waals surface area contributed by atoms with Crippen LogP contribution in [-0.2, 0) is 4.79 Å². The van der Waals surface area contributed by atoms with Crippen molar-refractivity contribution in [1.29, 1.82) is 0 Å². The molecular formula is C10H12N2O5. The lowest BCUT2D eigenvalue weighted by Gasteiger charge is -2.17. The van der Waals surface area contributed by atoms with E-state index in [9.17, 15) is 14.9 Å². The van der Waals surface area contributed by atoms with Crippen molar-refractivity contribution < 1.29 is 19.6 Å². The summed E-state index contributed by atoms with van der Waals surface area (Å²) < 4.78 is 5.20. The fourth-order valence-electron chi connectivity index (χ4n) is 1.15. The van der Waals surface area contributed by atoms with Gasteiger partial charge in [-0.15, -0.1) is 0 Å². The van der Waals surface area contributed by atoms with E-state index in [1.165, 1.54) is 31.2 Å². The summed E-state index contributed by atoms with van der Waals surface area (Å²) in [5.74, 6) is -0.0191. The van der Waals surface area contributed by atoms with E-state index in [0.717, 1.165) is 0 Å². The van der Waals surface area contributed by atoms with E-state index in [-0.39, 0.29) is 11.6 Å². The fourth-order valence-corrected chi connectivity index (χ4v) is 1.15. The SMILES string of the molecule is CC(=O)NC(CO)Oc1ccc([N+](=O)[O-])cc1. The van der Waals surface area contributed by atoms with Gasteiger partial charge in [-0.25, -0.2) is 0 Å². The summed E-state index contributed by atoms with van der Waals surface area (Å²) in [4.78, 5) is 20.6. The fraction of sp³-hybridized carbons (Fsp3) is 0.300. The molecule has 2 N–H and O–H groups in total. The Balaban J connectivity index is 2.67. The minimum atomic E-state index is -0.867. The van der Waals surface area contributed by atoms with Gasteiger partial charge in [0.15, 0.2) is 6.23 Å². The number of nitrogens with one attached hydrogen (secondary N) is 1. The standard InChI is InChI=1S/C10H12N2O5/c1-7(14)11-10(6-13)17-9-4-2-8(3-5-9)12(15)16/h2-5,10,13H,6H2,1H3,(H,11,14). The minimum absolute atomic E-state index is 0.0579. The summed E-state index contributed by atoms with van der Waals surface area (Å²) in [6, 6.07) is 5.33. The summed E-state index contributed by atoms with van der Waals surface area (Å²) >= 11 is 0. The smallest absolute Gasteiger partial charge is 0.269 e. The van der Waals surface area contributed by atoms with E-state index < -0.39 is 17.8 Å². The Labute approximate surface area is 97.2 Å². The minimum Gasteiger partial charge on any atom is -0.468 e. The van der Waals surface area contributed by atoms with Crippen LogP contribution in [0.4, 0.5) is 5.69 Å². The lowest BCUT2D eigenvalue weighted by molar-refractivity contribution is -0.384. The quantitative estimate of drug-likeness (QED) is 0.441. The number of hydrogen-bond acceptors (Lipinski definition) is 5. The molecule has 0 radical (unpaired) electrons. The van der Waals surface area contributed by atoms with Crippen LogP contribution < -0.4 is 10.1 Å². The number of non-ortho nitro benzene ring substituents is 1. The Morgan fingerprint density at radius 2 is 2.12 bits per heavy atom. The van der Waals surface area contributed by atoms with Crippen LogP contribution in [0.5, 0.6) is 5.75 Å². The number of benzene rings is 1. The van der Waals surface area contributed by atoms with Crippen LogP contribution in [0.15, 0.2) is 24.3 Å². The van der Waals surface area contributed by atoms with Crippen molar-refractivity contribution >= 4 is 11.6 Å². The van der Waals surface area contributed by atoms with Gasteiger partial charge in [-0.05, 0) is 12.1 Å². The number of ether oxygens (including phenoxy) is 1. The number of hydrogen-bond donors (Lipinski definition) is 2. The van der Waals surface area contributed by atoms with Crippen molar-refractivity contribution in [1.82, 2.24) is 5.32 Å². The Hall–Kier alpha value is -2.15. The Morgan fingerprint density at radius 3 is 2.53 bits per heavy atom. The Kier molecular flexibility index (Phi) is 4.41. The molecule has 0 fully saturated rings. The molecule has 0 saturated heterocycles. The van der Waals surface area contributed by atoms with Gasteiger partial charge in [0.1, 0.15) is 5.75 Å². The number of carbonyl (C=O) groups excluding carboxylic acids is 1. The highest BCUT2D eigenvalue weighted by molar-refractivity contribution is 5.73. The van der Waals surface area contributed by atoms with Crippen LogP contribution in [0.2, 0.25) is 0 Å². The molecule has 0 aliphatic heterocycles. The Bertz CT molecular complexity index is 404. The van der Waals surface area contributed by atoms with Gasteiger partial charge in [0.05, 0.1) is 11.5 Å². The molecule has 1 aromatic carbocycles. The maximum atomic E-state index is 10.8. The zero-order chi connectivity index (χ0) is 12.8. The molecule has 1 unspecified atom stereocenters. The van der Waals surface area contributed by atoms with E-state index in [2.05, 4.69) is 5.32 Å². The first-order valence-electron chi connectivity index (χ1n) is 4.82. The van der Waals surface area contributed by atoms with Crippen molar-refractivity contribution in [2.75, 3.05) is 6.61 Å². The predicted octanol–water partition coefficient (Wildman–Crippen LogP) is 0.428. The monoisotopic (exact) mass is 240 g/mol. The highest BCUT2D eigenvalue weighted by Crippen LogP contribution is 2.17. The van der Waals surface area contributed by atoms with Gasteiger partial charge in [0, 0.05) is 19.1 Å². The van der Waals surface area contributed by atoms with Crippen LogP contribution in [0, 0.1) is 10.1 Å². The maximum absolute atomic E-state index is 10.8. The molecule has 0 aromatic heterocycles. The molecule has 0 spiro atoms. The first-order chi connectivity index (χ1) is 8.02. The number of aliphatic hydroxyl groups is 1. The van der Waals surface area contributed by atoms with Gasteiger partial charge in [-0.1, -0.05) is 0 Å². The number of nitro groups is 1. The number of nitrogens with zero attached hydrogens (tertiary/aromatic N) is 1. The summed E-state index contributed by atoms with van der Waals surface area (Å²) in [6.45, 7) is 0.901. The average Bonchev–Trinajstić information content (AvgIpc) is 2.28. The van der Waals surface area contributed by atoms with E-state index in [0.29, 0.717) is 5.75 Å². The highest BCUT2D eigenvalue weighted by atomic mass is 16.6. The third kappa shape index (κ3) is 4.07. The van der Waals surface area contributed by atoms with Gasteiger partial charge in [0.25, 0.3) is 5.69 Å². The van der Waals surface area contributed by atoms with Gasteiger partial charge in [-0.2, -0.15) is 0 Å². The molecule has 0 saturated carbocycles. The molecule has 17 heavy (non-hydrogen) atoms. The van der Waals surface area contributed by atoms with Crippen molar-refractivity contribution in [3.63, 3.8) is 0 Å². The van der Waals surface area contributed by atoms with E-state index in [4.69, 9.17) is 9.84 Å². The second-order valence-electron chi connectivity index (χ2n) is 3.24. The molecule has 92 valence electrons. The normalized spacial score (nSPS) is 11.6. The first-order valence-corrected chi connectivity index (χ1v) is 4.82. The van der Waals surface area contributed by atoms with Gasteiger partial charge in [0.2, 0.25) is 5.91 Å². The molecule has 0 aliphatic carbocycles. The number of nitro benzene ring substituents is 1. The highest BCUT2D eigenvalue weighted by Gasteiger charge is 2.11. The second-order valence-corrected chi connectivity index (χ2v) is 3.24. The van der Waals surface area contributed by atoms with Gasteiger partial charge < -0.3 is 15.2 Å². The first kappa shape index (κ1) is 12.9. The number of carbonyl (C=O) groups is 1. The average molecular weight is 240 g/mol. The van der Waals surface area contributed by atoms with Crippen molar-refractivity contribution in [2.24, 2.45) is 0 Å². The van der Waals surface area contributed by atoms with Crippen LogP contribution in [-0.4, -0.2) is 28.8 Å². The zero-order valence-electron chi connectivity index (χ0n) is 9.12. The largest absolute Gasteiger partial charge is 0.468 e. The van der Waals surface area contributed by atoms with Crippen LogP contribution in [0.3, 0.4) is 0 Å². The third-order valence-corrected chi connectivity index (χ3v) is 1.86. The summed E-state index contributed by atoms with van der Waals surface area (Å²) in [7, 11) is 0. The van der Waals surface area contributed by atoms with E-state index in [1.807, 2.05) is 0 Å². The lowest BCUT2D eigenvalue weighted by atomic mass is 10.3. The summed E-state index contributed by atoms with van der Waals surface area (Å²) in [5.41, 5.74) is -0.0579. The summed E-state index contributed by atoms with van der Waals surface area (Å²) in [5, 5.41) is 21.7. The molecule has 7 heteroatoms. The molecule has 0 bridgehead atoms. The molecule has 1 atom stereocenters. The number of amides is 1. The second kappa shape index (κ2) is 5.80. The topological polar surface area (TPSA) is 102 Å². The molecule has 0 aliphatic rings. The van der Waals surface area contributed by atoms with Gasteiger partial charge >= 0.3 is 0 Å². The van der Waals surface area contributed by atoms with Crippen molar-refractivity contribution in [3.05, 3.63) is 34.4 Å². The van der Waals surface area contributed by atoms with E-state index >= 15 is 0 Å². The molecule has 1 rings (SSSR count).